The van der Waals surface area contributed by atoms with E-state index in [9.17, 15) is 24.6 Å². The van der Waals surface area contributed by atoms with Crippen LogP contribution in [-0.4, -0.2) is 26.3 Å². The fraction of sp³-hybridized carbons (Fsp3) is 0.200. The van der Waals surface area contributed by atoms with Gasteiger partial charge >= 0.3 is 0 Å². The predicted molar refractivity (Wildman–Crippen MR) is 134 cm³/mol. The number of phenols is 1. The molecule has 2 aromatic carbocycles. The monoisotopic (exact) mass is 524 g/mol. The van der Waals surface area contributed by atoms with Crippen LogP contribution in [0.3, 0.4) is 0 Å². The van der Waals surface area contributed by atoms with Gasteiger partial charge in [-0.2, -0.15) is 0 Å². The topological polar surface area (TPSA) is 126 Å². The van der Waals surface area contributed by atoms with Gasteiger partial charge in [0.05, 0.1) is 33.3 Å². The van der Waals surface area contributed by atoms with Crippen molar-refractivity contribution in [3.63, 3.8) is 0 Å². The van der Waals surface area contributed by atoms with Gasteiger partial charge in [-0.15, -0.1) is 10.2 Å². The van der Waals surface area contributed by atoms with E-state index >= 15 is 0 Å². The van der Waals surface area contributed by atoms with Gasteiger partial charge in [-0.3, -0.25) is 19.0 Å². The van der Waals surface area contributed by atoms with Crippen LogP contribution >= 0.6 is 23.2 Å². The van der Waals surface area contributed by atoms with Crippen molar-refractivity contribution in [1.82, 2.24) is 4.57 Å². The number of fused-ring (bicyclic) bond motifs is 2. The van der Waals surface area contributed by atoms with Gasteiger partial charge in [-0.1, -0.05) is 48.7 Å². The third kappa shape index (κ3) is 3.85. The number of hydrogen-bond donors (Lipinski definition) is 2. The minimum atomic E-state index is -0.686. The lowest BCUT2D eigenvalue weighted by molar-refractivity contribution is 0.0977. The normalized spacial score (nSPS) is 12.5. The quantitative estimate of drug-likeness (QED) is 0.230. The minimum absolute atomic E-state index is 0.0553. The van der Waals surface area contributed by atoms with Crippen LogP contribution in [0.25, 0.3) is 4.85 Å². The molecular formula is C25H18Cl2N4O5. The summed E-state index contributed by atoms with van der Waals surface area (Å²) in [5.74, 6) is -2.17. The number of ketones is 2. The Kier molecular flexibility index (Phi) is 6.67. The number of phenolic OH excluding ortho intramolecular Hbond substituents is 1. The smallest absolute Gasteiger partial charge is 0.279 e. The number of halogens is 2. The fourth-order valence-corrected chi connectivity index (χ4v) is 4.63. The number of carbonyl (C=O) groups is 2. The molecule has 1 aromatic heterocycles. The highest BCUT2D eigenvalue weighted by molar-refractivity contribution is 6.43. The molecule has 0 saturated heterocycles. The average Bonchev–Trinajstić information content (AvgIpc) is 2.83. The van der Waals surface area contributed by atoms with Gasteiger partial charge in [0.15, 0.2) is 17.4 Å². The molecule has 1 aliphatic carbocycles. The summed E-state index contributed by atoms with van der Waals surface area (Å²) in [5, 5.41) is 28.5. The zero-order valence-corrected chi connectivity index (χ0v) is 20.6. The van der Waals surface area contributed by atoms with Crippen LogP contribution in [0, 0.1) is 13.5 Å². The van der Waals surface area contributed by atoms with Crippen molar-refractivity contribution in [3.8, 4) is 11.6 Å². The van der Waals surface area contributed by atoms with Crippen LogP contribution in [0.5, 0.6) is 11.6 Å². The van der Waals surface area contributed by atoms with E-state index in [0.29, 0.717) is 6.42 Å². The Bertz CT molecular complexity index is 1600. The van der Waals surface area contributed by atoms with Crippen LogP contribution in [0.2, 0.25) is 10.0 Å². The summed E-state index contributed by atoms with van der Waals surface area (Å²) in [7, 11) is 0. The van der Waals surface area contributed by atoms with E-state index in [4.69, 9.17) is 29.8 Å². The Hall–Kier alpha value is -4.00. The van der Waals surface area contributed by atoms with Gasteiger partial charge in [-0.25, -0.2) is 4.85 Å². The molecule has 0 unspecified atom stereocenters. The molecule has 0 atom stereocenters. The Morgan fingerprint density at radius 3 is 2.36 bits per heavy atom. The number of hydrogen-bond acceptors (Lipinski definition) is 7. The second-order valence-corrected chi connectivity index (χ2v) is 8.88. The Morgan fingerprint density at radius 1 is 1.00 bits per heavy atom. The molecule has 4 rings (SSSR count). The SMILES string of the molecule is [C-]#[N+]c1c(C)c(N=Nc2c(Cl)cc(Cl)c3c2C(=O)c2cccc(O)c2C3=O)c(=O)n(CCCC)c1O. The number of pyridine rings is 1. The number of benzene rings is 2. The van der Waals surface area contributed by atoms with Crippen molar-refractivity contribution in [1.29, 1.82) is 0 Å². The van der Waals surface area contributed by atoms with Crippen LogP contribution in [-0.2, 0) is 6.54 Å². The number of nitrogens with zero attached hydrogens (tertiary/aromatic N) is 4. The lowest BCUT2D eigenvalue weighted by Gasteiger charge is -2.21. The second kappa shape index (κ2) is 9.57. The molecule has 0 radical (unpaired) electrons. The molecule has 0 aliphatic heterocycles. The van der Waals surface area contributed by atoms with Gasteiger partial charge in [0.2, 0.25) is 5.69 Å². The molecule has 0 amide bonds. The average molecular weight is 525 g/mol. The zero-order valence-electron chi connectivity index (χ0n) is 19.1. The summed E-state index contributed by atoms with van der Waals surface area (Å²) < 4.78 is 1.05. The van der Waals surface area contributed by atoms with E-state index in [1.807, 2.05) is 6.92 Å². The van der Waals surface area contributed by atoms with Crippen molar-refractivity contribution < 1.29 is 19.8 Å². The van der Waals surface area contributed by atoms with E-state index in [-0.39, 0.29) is 67.2 Å². The number of carbonyl (C=O) groups excluding carboxylic acids is 2. The van der Waals surface area contributed by atoms with Gasteiger partial charge in [0, 0.05) is 12.1 Å². The predicted octanol–water partition coefficient (Wildman–Crippen LogP) is 6.42. The first kappa shape index (κ1) is 25.1. The molecule has 3 aromatic rings. The van der Waals surface area contributed by atoms with Crippen molar-refractivity contribution in [2.45, 2.75) is 33.2 Å². The van der Waals surface area contributed by atoms with E-state index in [2.05, 4.69) is 15.1 Å². The van der Waals surface area contributed by atoms with Crippen molar-refractivity contribution in [2.24, 2.45) is 10.2 Å². The lowest BCUT2D eigenvalue weighted by atomic mass is 9.82. The summed E-state index contributed by atoms with van der Waals surface area (Å²) in [6.45, 7) is 10.9. The summed E-state index contributed by atoms with van der Waals surface area (Å²) in [6.07, 6.45) is 1.31. The molecule has 9 nitrogen and oxygen atoms in total. The summed E-state index contributed by atoms with van der Waals surface area (Å²) >= 11 is 12.6. The van der Waals surface area contributed by atoms with Crippen LogP contribution in [0.4, 0.5) is 17.1 Å². The fourth-order valence-electron chi connectivity index (χ4n) is 4.04. The molecule has 1 heterocycles. The molecule has 36 heavy (non-hydrogen) atoms. The van der Waals surface area contributed by atoms with Crippen LogP contribution in [0.15, 0.2) is 39.3 Å². The van der Waals surface area contributed by atoms with E-state index in [0.717, 1.165) is 11.0 Å². The summed E-state index contributed by atoms with van der Waals surface area (Å²) in [6, 6.07) is 5.31. The lowest BCUT2D eigenvalue weighted by Crippen LogP contribution is -2.22. The first-order chi connectivity index (χ1) is 17.1. The van der Waals surface area contributed by atoms with Gasteiger partial charge in [0.1, 0.15) is 17.1 Å². The largest absolute Gasteiger partial charge is 0.507 e. The maximum absolute atomic E-state index is 13.4. The van der Waals surface area contributed by atoms with Crippen LogP contribution in [0.1, 0.15) is 57.2 Å². The Labute approximate surface area is 215 Å². The first-order valence-electron chi connectivity index (χ1n) is 10.8. The molecule has 0 saturated carbocycles. The molecular weight excluding hydrogens is 507 g/mol. The maximum Gasteiger partial charge on any atom is 0.279 e. The third-order valence-electron chi connectivity index (χ3n) is 5.90. The summed E-state index contributed by atoms with van der Waals surface area (Å²) in [4.78, 5) is 43.0. The van der Waals surface area contributed by atoms with E-state index in [1.165, 1.54) is 31.2 Å². The Balaban J connectivity index is 1.95. The standard InChI is InChI=1S/C25H18Cl2N4O5/c1-4-5-9-31-24(35)19(28-3)11(2)20(25(31)36)29-30-21-14(27)10-13(26)17-18(21)22(33)12-7-6-8-15(32)16(12)23(17)34/h6-8,10,32,35H,4-5,9H2,1-2H3. The van der Waals surface area contributed by atoms with Gasteiger partial charge in [0.25, 0.3) is 5.56 Å². The van der Waals surface area contributed by atoms with E-state index in [1.54, 1.807) is 0 Å². The maximum atomic E-state index is 13.4. The van der Waals surface area contributed by atoms with Gasteiger partial charge < -0.3 is 10.2 Å². The summed E-state index contributed by atoms with van der Waals surface area (Å²) in [5.41, 5.74) is -1.79. The number of azo groups is 1. The van der Waals surface area contributed by atoms with Crippen molar-refractivity contribution in [3.05, 3.63) is 83.9 Å². The Morgan fingerprint density at radius 2 is 1.69 bits per heavy atom. The van der Waals surface area contributed by atoms with E-state index < -0.39 is 23.0 Å². The second-order valence-electron chi connectivity index (χ2n) is 8.06. The molecule has 0 bridgehead atoms. The molecule has 0 spiro atoms. The molecule has 2 N–H and O–H groups in total. The van der Waals surface area contributed by atoms with Gasteiger partial charge in [-0.05, 0) is 31.0 Å². The highest BCUT2D eigenvalue weighted by Gasteiger charge is 2.37. The third-order valence-corrected chi connectivity index (χ3v) is 6.48. The molecule has 1 aliphatic rings. The number of rotatable bonds is 5. The zero-order chi connectivity index (χ0) is 26.3. The molecule has 11 heteroatoms. The number of aromatic nitrogens is 1. The highest BCUT2D eigenvalue weighted by atomic mass is 35.5. The van der Waals surface area contributed by atoms with Crippen LogP contribution < -0.4 is 5.56 Å². The van der Waals surface area contributed by atoms with Crippen molar-refractivity contribution in [2.75, 3.05) is 0 Å². The van der Waals surface area contributed by atoms with Crippen molar-refractivity contribution >= 4 is 51.8 Å². The molecule has 182 valence electrons. The first-order valence-corrected chi connectivity index (χ1v) is 11.6. The molecule has 0 fully saturated rings. The number of unbranched alkanes of at least 4 members (excludes halogenated alkanes) is 1. The minimum Gasteiger partial charge on any atom is -0.507 e. The highest BCUT2D eigenvalue weighted by Crippen LogP contribution is 2.44. The number of aromatic hydroxyl groups is 2.